The fourth-order valence-corrected chi connectivity index (χ4v) is 3.27. The largest absolute Gasteiger partial charge is 0.357 e. The lowest BCUT2D eigenvalue weighted by atomic mass is 9.96. The first-order valence-corrected chi connectivity index (χ1v) is 8.81. The molecule has 0 radical (unpaired) electrons. The van der Waals surface area contributed by atoms with Crippen LogP contribution in [0, 0.1) is 0 Å². The zero-order chi connectivity index (χ0) is 18.7. The van der Waals surface area contributed by atoms with Crippen LogP contribution in [0.1, 0.15) is 40.8 Å². The van der Waals surface area contributed by atoms with E-state index in [1.807, 2.05) is 26.0 Å². The molecule has 140 valence electrons. The molecule has 0 aliphatic carbocycles. The van der Waals surface area contributed by atoms with Gasteiger partial charge in [0, 0.05) is 45.5 Å². The number of nitrogens with zero attached hydrogens (tertiary/aromatic N) is 7. The van der Waals surface area contributed by atoms with Crippen molar-refractivity contribution in [2.75, 3.05) is 39.5 Å². The topological polar surface area (TPSA) is 92.1 Å². The predicted molar refractivity (Wildman–Crippen MR) is 97.9 cm³/mol. The Morgan fingerprint density at radius 2 is 2.04 bits per heavy atom. The van der Waals surface area contributed by atoms with Crippen LogP contribution in [0.3, 0.4) is 0 Å². The molecular formula is C17H26N8O. The van der Waals surface area contributed by atoms with Crippen molar-refractivity contribution in [2.45, 2.75) is 25.3 Å². The molecule has 1 fully saturated rings. The average molecular weight is 358 g/mol. The maximum Gasteiger partial charge on any atom is 0.257 e. The molecule has 0 bridgehead atoms. The summed E-state index contributed by atoms with van der Waals surface area (Å²) in [6.45, 7) is 2.13. The smallest absolute Gasteiger partial charge is 0.257 e. The molecule has 2 aromatic rings. The van der Waals surface area contributed by atoms with E-state index < -0.39 is 0 Å². The van der Waals surface area contributed by atoms with Crippen LogP contribution >= 0.6 is 0 Å². The standard InChI is InChI=1S/C17H26N8O/c1-18-17-19-8-13(9-20-17)16(26)25-7-5-6-12(10-25)15-22-21-14(24(15)4)11-23(2)3/h8-9,12H,5-7,10-11H2,1-4H3,(H,18,19,20). The Kier molecular flexibility index (Phi) is 5.46. The fraction of sp³-hybridized carbons (Fsp3) is 0.588. The van der Waals surface area contributed by atoms with Gasteiger partial charge in [-0.25, -0.2) is 9.97 Å². The first-order valence-electron chi connectivity index (χ1n) is 8.81. The number of piperidine rings is 1. The van der Waals surface area contributed by atoms with Crippen LogP contribution in [0.15, 0.2) is 12.4 Å². The monoisotopic (exact) mass is 358 g/mol. The van der Waals surface area contributed by atoms with Crippen molar-refractivity contribution in [3.63, 3.8) is 0 Å². The summed E-state index contributed by atoms with van der Waals surface area (Å²) >= 11 is 0. The minimum Gasteiger partial charge on any atom is -0.357 e. The van der Waals surface area contributed by atoms with Crippen LogP contribution in [-0.2, 0) is 13.6 Å². The zero-order valence-corrected chi connectivity index (χ0v) is 15.8. The third-order valence-corrected chi connectivity index (χ3v) is 4.65. The number of nitrogens with one attached hydrogen (secondary N) is 1. The van der Waals surface area contributed by atoms with Crippen LogP contribution in [0.4, 0.5) is 5.95 Å². The van der Waals surface area contributed by atoms with E-state index in [1.54, 1.807) is 19.4 Å². The number of likely N-dealkylation sites (tertiary alicyclic amines) is 1. The number of hydrogen-bond acceptors (Lipinski definition) is 7. The molecule has 1 unspecified atom stereocenters. The van der Waals surface area contributed by atoms with E-state index in [9.17, 15) is 4.79 Å². The summed E-state index contributed by atoms with van der Waals surface area (Å²) in [5.41, 5.74) is 0.510. The summed E-state index contributed by atoms with van der Waals surface area (Å²) in [5, 5.41) is 11.6. The Morgan fingerprint density at radius 1 is 1.31 bits per heavy atom. The van der Waals surface area contributed by atoms with Gasteiger partial charge in [-0.2, -0.15) is 0 Å². The van der Waals surface area contributed by atoms with Crippen molar-refractivity contribution < 1.29 is 4.79 Å². The average Bonchev–Trinajstić information content (AvgIpc) is 3.01. The minimum absolute atomic E-state index is 0.0342. The van der Waals surface area contributed by atoms with E-state index in [0.717, 1.165) is 37.6 Å². The molecule has 26 heavy (non-hydrogen) atoms. The summed E-state index contributed by atoms with van der Waals surface area (Å²) in [6.07, 6.45) is 5.10. The molecule has 1 aliphatic heterocycles. The van der Waals surface area contributed by atoms with E-state index in [0.29, 0.717) is 18.1 Å². The Balaban J connectivity index is 1.72. The number of rotatable bonds is 5. The highest BCUT2D eigenvalue weighted by molar-refractivity contribution is 5.93. The number of anilines is 1. The first kappa shape index (κ1) is 18.2. The van der Waals surface area contributed by atoms with E-state index in [1.165, 1.54) is 0 Å². The molecular weight excluding hydrogens is 332 g/mol. The van der Waals surface area contributed by atoms with Gasteiger partial charge in [0.05, 0.1) is 12.1 Å². The Morgan fingerprint density at radius 3 is 2.69 bits per heavy atom. The molecule has 1 atom stereocenters. The van der Waals surface area contributed by atoms with Gasteiger partial charge in [-0.1, -0.05) is 0 Å². The van der Waals surface area contributed by atoms with Crippen molar-refractivity contribution >= 4 is 11.9 Å². The third-order valence-electron chi connectivity index (χ3n) is 4.65. The van der Waals surface area contributed by atoms with Crippen LogP contribution in [0.2, 0.25) is 0 Å². The molecule has 9 nitrogen and oxygen atoms in total. The van der Waals surface area contributed by atoms with Gasteiger partial charge < -0.3 is 19.7 Å². The van der Waals surface area contributed by atoms with Gasteiger partial charge in [0.25, 0.3) is 5.91 Å². The number of aromatic nitrogens is 5. The van der Waals surface area contributed by atoms with E-state index >= 15 is 0 Å². The van der Waals surface area contributed by atoms with E-state index in [2.05, 4.69) is 34.9 Å². The highest BCUT2D eigenvalue weighted by Gasteiger charge is 2.29. The SMILES string of the molecule is CNc1ncc(C(=O)N2CCCC(c3nnc(CN(C)C)n3C)C2)cn1. The van der Waals surface area contributed by atoms with Crippen molar-refractivity contribution in [2.24, 2.45) is 7.05 Å². The summed E-state index contributed by atoms with van der Waals surface area (Å²) in [5.74, 6) is 2.54. The van der Waals surface area contributed by atoms with Crippen molar-refractivity contribution in [1.29, 1.82) is 0 Å². The molecule has 0 spiro atoms. The van der Waals surface area contributed by atoms with Gasteiger partial charge in [-0.05, 0) is 26.9 Å². The van der Waals surface area contributed by atoms with Crippen molar-refractivity contribution in [3.05, 3.63) is 29.6 Å². The van der Waals surface area contributed by atoms with Gasteiger partial charge >= 0.3 is 0 Å². The van der Waals surface area contributed by atoms with Crippen molar-refractivity contribution in [1.82, 2.24) is 34.5 Å². The Labute approximate surface area is 153 Å². The third kappa shape index (κ3) is 3.82. The fourth-order valence-electron chi connectivity index (χ4n) is 3.27. The zero-order valence-electron chi connectivity index (χ0n) is 15.8. The molecule has 3 rings (SSSR count). The second-order valence-electron chi connectivity index (χ2n) is 6.91. The number of carbonyl (C=O) groups is 1. The number of carbonyl (C=O) groups excluding carboxylic acids is 1. The highest BCUT2D eigenvalue weighted by atomic mass is 16.2. The molecule has 1 N–H and O–H groups in total. The molecule has 2 aromatic heterocycles. The lowest BCUT2D eigenvalue weighted by molar-refractivity contribution is 0.0702. The Hall–Kier alpha value is -2.55. The molecule has 1 amide bonds. The van der Waals surface area contributed by atoms with Crippen LogP contribution in [0.25, 0.3) is 0 Å². The second-order valence-corrected chi connectivity index (χ2v) is 6.91. The quantitative estimate of drug-likeness (QED) is 0.842. The summed E-state index contributed by atoms with van der Waals surface area (Å²) in [6, 6.07) is 0. The van der Waals surface area contributed by atoms with Crippen LogP contribution < -0.4 is 5.32 Å². The second kappa shape index (κ2) is 7.77. The Bertz CT molecular complexity index is 755. The van der Waals surface area contributed by atoms with Gasteiger partial charge in [-0.3, -0.25) is 4.79 Å². The minimum atomic E-state index is -0.0342. The van der Waals surface area contributed by atoms with Gasteiger partial charge in [0.2, 0.25) is 5.95 Å². The molecule has 1 saturated heterocycles. The van der Waals surface area contributed by atoms with E-state index in [-0.39, 0.29) is 11.8 Å². The maximum atomic E-state index is 12.8. The molecule has 0 saturated carbocycles. The molecule has 9 heteroatoms. The summed E-state index contributed by atoms with van der Waals surface area (Å²) in [7, 11) is 7.77. The predicted octanol–water partition coefficient (Wildman–Crippen LogP) is 0.728. The number of amides is 1. The summed E-state index contributed by atoms with van der Waals surface area (Å²) < 4.78 is 2.06. The van der Waals surface area contributed by atoms with Gasteiger partial charge in [0.15, 0.2) is 0 Å². The lowest BCUT2D eigenvalue weighted by Gasteiger charge is -2.32. The lowest BCUT2D eigenvalue weighted by Crippen LogP contribution is -2.39. The molecule has 3 heterocycles. The molecule has 0 aromatic carbocycles. The van der Waals surface area contributed by atoms with E-state index in [4.69, 9.17) is 0 Å². The maximum absolute atomic E-state index is 12.8. The summed E-state index contributed by atoms with van der Waals surface area (Å²) in [4.78, 5) is 25.0. The molecule has 1 aliphatic rings. The number of hydrogen-bond donors (Lipinski definition) is 1. The van der Waals surface area contributed by atoms with Crippen molar-refractivity contribution in [3.8, 4) is 0 Å². The first-order chi connectivity index (χ1) is 12.5. The highest BCUT2D eigenvalue weighted by Crippen LogP contribution is 2.26. The van der Waals surface area contributed by atoms with Crippen LogP contribution in [-0.4, -0.2) is 74.7 Å². The van der Waals surface area contributed by atoms with Crippen LogP contribution in [0.5, 0.6) is 0 Å². The van der Waals surface area contributed by atoms with Gasteiger partial charge in [0.1, 0.15) is 11.6 Å². The normalized spacial score (nSPS) is 17.6. The van der Waals surface area contributed by atoms with Gasteiger partial charge in [-0.15, -0.1) is 10.2 Å².